The Labute approximate surface area is 113 Å². The van der Waals surface area contributed by atoms with Crippen molar-refractivity contribution in [3.05, 3.63) is 27.3 Å². The maximum atomic E-state index is 3.56. The molecule has 0 bridgehead atoms. The van der Waals surface area contributed by atoms with Crippen LogP contribution in [-0.2, 0) is 0 Å². The number of anilines is 1. The summed E-state index contributed by atoms with van der Waals surface area (Å²) in [5, 5.41) is 3.56. The number of rotatable bonds is 6. The molecule has 0 spiro atoms. The van der Waals surface area contributed by atoms with Crippen LogP contribution >= 0.6 is 22.6 Å². The highest BCUT2D eigenvalue weighted by atomic mass is 127. The van der Waals surface area contributed by atoms with Crippen LogP contribution in [0.2, 0.25) is 0 Å². The van der Waals surface area contributed by atoms with Gasteiger partial charge in [-0.3, -0.25) is 0 Å². The van der Waals surface area contributed by atoms with Gasteiger partial charge in [0.1, 0.15) is 0 Å². The van der Waals surface area contributed by atoms with Gasteiger partial charge in [0, 0.05) is 15.3 Å². The molecule has 1 aromatic rings. The van der Waals surface area contributed by atoms with Gasteiger partial charge in [0.15, 0.2) is 0 Å². The normalized spacial score (nSPS) is 12.5. The number of aryl methyl sites for hydroxylation is 1. The summed E-state index contributed by atoms with van der Waals surface area (Å²) in [5.41, 5.74) is 2.60. The van der Waals surface area contributed by atoms with Gasteiger partial charge >= 0.3 is 0 Å². The number of unbranched alkanes of at least 4 members (excludes halogenated alkanes) is 2. The minimum Gasteiger partial charge on any atom is -0.383 e. The van der Waals surface area contributed by atoms with Gasteiger partial charge in [-0.1, -0.05) is 32.3 Å². The molecule has 0 saturated carbocycles. The fraction of sp³-hybridized carbons (Fsp3) is 0.571. The second kappa shape index (κ2) is 7.15. The molecular weight excluding hydrogens is 309 g/mol. The maximum absolute atomic E-state index is 3.56. The van der Waals surface area contributed by atoms with Crippen molar-refractivity contribution in [3.8, 4) is 0 Å². The monoisotopic (exact) mass is 331 g/mol. The van der Waals surface area contributed by atoms with Crippen molar-refractivity contribution in [1.82, 2.24) is 0 Å². The summed E-state index contributed by atoms with van der Waals surface area (Å²) in [6.07, 6.45) is 5.23. The van der Waals surface area contributed by atoms with Crippen LogP contribution in [0.4, 0.5) is 5.69 Å². The Kier molecular flexibility index (Phi) is 6.17. The van der Waals surface area contributed by atoms with E-state index in [0.29, 0.717) is 6.04 Å². The van der Waals surface area contributed by atoms with E-state index in [2.05, 4.69) is 66.9 Å². The second-order valence-electron chi connectivity index (χ2n) is 4.51. The van der Waals surface area contributed by atoms with Gasteiger partial charge in [-0.15, -0.1) is 0 Å². The predicted molar refractivity (Wildman–Crippen MR) is 81.1 cm³/mol. The summed E-state index contributed by atoms with van der Waals surface area (Å²) in [5.74, 6) is 0. The molecule has 16 heavy (non-hydrogen) atoms. The van der Waals surface area contributed by atoms with Crippen molar-refractivity contribution >= 4 is 28.3 Å². The summed E-state index contributed by atoms with van der Waals surface area (Å²) in [6, 6.07) is 7.16. The van der Waals surface area contributed by atoms with E-state index in [1.807, 2.05) is 0 Å². The van der Waals surface area contributed by atoms with Crippen LogP contribution in [0.1, 0.15) is 45.1 Å². The van der Waals surface area contributed by atoms with E-state index >= 15 is 0 Å². The second-order valence-corrected chi connectivity index (χ2v) is 5.67. The van der Waals surface area contributed by atoms with Crippen LogP contribution in [0.15, 0.2) is 18.2 Å². The van der Waals surface area contributed by atoms with Crippen molar-refractivity contribution in [2.75, 3.05) is 5.32 Å². The number of benzene rings is 1. The van der Waals surface area contributed by atoms with E-state index in [1.54, 1.807) is 0 Å². The Bertz CT molecular complexity index is 323. The fourth-order valence-corrected chi connectivity index (χ4v) is 2.26. The third-order valence-corrected chi connectivity index (χ3v) is 3.99. The molecule has 0 heterocycles. The van der Waals surface area contributed by atoms with Gasteiger partial charge in [0.25, 0.3) is 0 Å². The van der Waals surface area contributed by atoms with Crippen LogP contribution < -0.4 is 5.32 Å². The molecule has 0 amide bonds. The number of halogens is 1. The number of hydrogen-bond acceptors (Lipinski definition) is 1. The molecule has 1 atom stereocenters. The molecule has 1 N–H and O–H groups in total. The predicted octanol–water partition coefficient (Wildman–Crippen LogP) is 4.98. The Balaban J connectivity index is 2.43. The zero-order valence-electron chi connectivity index (χ0n) is 10.5. The van der Waals surface area contributed by atoms with Crippen molar-refractivity contribution in [1.29, 1.82) is 0 Å². The fourth-order valence-electron chi connectivity index (χ4n) is 1.74. The van der Waals surface area contributed by atoms with E-state index in [9.17, 15) is 0 Å². The summed E-state index contributed by atoms with van der Waals surface area (Å²) >= 11 is 2.39. The molecule has 0 aliphatic heterocycles. The molecule has 1 aromatic carbocycles. The Hall–Kier alpha value is -0.250. The minimum absolute atomic E-state index is 0.574. The molecule has 2 heteroatoms. The first kappa shape index (κ1) is 13.8. The van der Waals surface area contributed by atoms with E-state index in [-0.39, 0.29) is 0 Å². The van der Waals surface area contributed by atoms with E-state index in [0.717, 1.165) is 0 Å². The zero-order valence-corrected chi connectivity index (χ0v) is 12.7. The molecule has 0 aromatic heterocycles. The van der Waals surface area contributed by atoms with Crippen molar-refractivity contribution in [2.24, 2.45) is 0 Å². The molecule has 0 aliphatic rings. The Morgan fingerprint density at radius 1 is 1.31 bits per heavy atom. The summed E-state index contributed by atoms with van der Waals surface area (Å²) < 4.78 is 1.34. The first-order chi connectivity index (χ1) is 7.63. The number of nitrogens with one attached hydrogen (secondary N) is 1. The van der Waals surface area contributed by atoms with Gasteiger partial charge in [-0.25, -0.2) is 0 Å². The highest BCUT2D eigenvalue weighted by Gasteiger charge is 2.02. The van der Waals surface area contributed by atoms with Crippen LogP contribution in [0.25, 0.3) is 0 Å². The van der Waals surface area contributed by atoms with Gasteiger partial charge in [0.2, 0.25) is 0 Å². The number of hydrogen-bond donors (Lipinski definition) is 1. The average molecular weight is 331 g/mol. The quantitative estimate of drug-likeness (QED) is 0.573. The molecule has 0 saturated heterocycles. The molecule has 1 unspecified atom stereocenters. The first-order valence-electron chi connectivity index (χ1n) is 6.16. The third kappa shape index (κ3) is 4.73. The lowest BCUT2D eigenvalue weighted by Gasteiger charge is -2.15. The van der Waals surface area contributed by atoms with E-state index in [1.165, 1.54) is 40.5 Å². The lowest BCUT2D eigenvalue weighted by Crippen LogP contribution is -2.14. The van der Waals surface area contributed by atoms with Crippen LogP contribution in [0.5, 0.6) is 0 Å². The Morgan fingerprint density at radius 3 is 2.69 bits per heavy atom. The van der Waals surface area contributed by atoms with Gasteiger partial charge in [-0.05, 0) is 60.6 Å². The summed E-state index contributed by atoms with van der Waals surface area (Å²) in [7, 11) is 0. The molecular formula is C14H22IN. The zero-order chi connectivity index (χ0) is 12.0. The summed E-state index contributed by atoms with van der Waals surface area (Å²) in [6.45, 7) is 6.67. The molecule has 0 radical (unpaired) electrons. The van der Waals surface area contributed by atoms with Gasteiger partial charge in [-0.2, -0.15) is 0 Å². The standard InChI is InChI=1S/C14H22IN/c1-4-5-6-7-12(3)16-13-9-8-11(2)14(15)10-13/h8-10,12,16H,4-7H2,1-3H3. The molecule has 90 valence electrons. The minimum atomic E-state index is 0.574. The maximum Gasteiger partial charge on any atom is 0.0353 e. The van der Waals surface area contributed by atoms with Gasteiger partial charge < -0.3 is 5.32 Å². The molecule has 1 rings (SSSR count). The van der Waals surface area contributed by atoms with Crippen molar-refractivity contribution in [2.45, 2.75) is 52.5 Å². The van der Waals surface area contributed by atoms with Gasteiger partial charge in [0.05, 0.1) is 0 Å². The van der Waals surface area contributed by atoms with Crippen molar-refractivity contribution < 1.29 is 0 Å². The average Bonchev–Trinajstić information content (AvgIpc) is 2.24. The van der Waals surface area contributed by atoms with Crippen molar-refractivity contribution in [3.63, 3.8) is 0 Å². The smallest absolute Gasteiger partial charge is 0.0353 e. The Morgan fingerprint density at radius 2 is 2.06 bits per heavy atom. The highest BCUT2D eigenvalue weighted by Crippen LogP contribution is 2.18. The first-order valence-corrected chi connectivity index (χ1v) is 7.24. The third-order valence-electron chi connectivity index (χ3n) is 2.83. The molecule has 0 aliphatic carbocycles. The largest absolute Gasteiger partial charge is 0.383 e. The lowest BCUT2D eigenvalue weighted by molar-refractivity contribution is 0.615. The molecule has 1 nitrogen and oxygen atoms in total. The highest BCUT2D eigenvalue weighted by molar-refractivity contribution is 14.1. The summed E-state index contributed by atoms with van der Waals surface area (Å²) in [4.78, 5) is 0. The van der Waals surface area contributed by atoms with Crippen LogP contribution in [0, 0.1) is 10.5 Å². The van der Waals surface area contributed by atoms with E-state index < -0.39 is 0 Å². The van der Waals surface area contributed by atoms with Crippen LogP contribution in [-0.4, -0.2) is 6.04 Å². The SMILES string of the molecule is CCCCCC(C)Nc1ccc(C)c(I)c1. The van der Waals surface area contributed by atoms with E-state index in [4.69, 9.17) is 0 Å². The molecule has 0 fully saturated rings. The lowest BCUT2D eigenvalue weighted by atomic mass is 10.1. The topological polar surface area (TPSA) is 12.0 Å². The van der Waals surface area contributed by atoms with Crippen LogP contribution in [0.3, 0.4) is 0 Å².